The van der Waals surface area contributed by atoms with Crippen LogP contribution >= 0.6 is 0 Å². The molecule has 1 atom stereocenters. The normalized spacial score (nSPS) is 18.3. The van der Waals surface area contributed by atoms with Crippen LogP contribution in [-0.4, -0.2) is 53.5 Å². The first kappa shape index (κ1) is 20.5. The molecule has 2 heterocycles. The predicted octanol–water partition coefficient (Wildman–Crippen LogP) is 2.94. The molecule has 1 amide bonds. The van der Waals surface area contributed by atoms with Crippen molar-refractivity contribution < 1.29 is 24.2 Å². The first-order valence-electron chi connectivity index (χ1n) is 9.49. The molecule has 2 aromatic rings. The molecular weight excluding hydrogens is 372 g/mol. The van der Waals surface area contributed by atoms with Crippen molar-refractivity contribution in [1.29, 1.82) is 0 Å². The molecule has 0 spiro atoms. The molecule has 1 aliphatic heterocycles. The highest BCUT2D eigenvalue weighted by atomic mass is 16.5. The summed E-state index contributed by atoms with van der Waals surface area (Å²) in [6, 6.07) is 9.56. The number of Topliss-reactive ketones (excluding diaryl/α,β-unsaturated/α-hetero) is 1. The molecule has 0 saturated carbocycles. The van der Waals surface area contributed by atoms with Crippen molar-refractivity contribution in [3.05, 3.63) is 65.5 Å². The zero-order valence-corrected chi connectivity index (χ0v) is 16.5. The van der Waals surface area contributed by atoms with E-state index >= 15 is 0 Å². The van der Waals surface area contributed by atoms with Crippen molar-refractivity contribution in [3.8, 4) is 5.75 Å². The number of hydrogen-bond acceptors (Lipinski definition) is 6. The second-order valence-corrected chi connectivity index (χ2v) is 6.64. The minimum Gasteiger partial charge on any atom is -0.507 e. The number of rotatable bonds is 8. The fraction of sp³-hybridized carbons (Fsp3) is 0.318. The van der Waals surface area contributed by atoms with Crippen LogP contribution in [0.5, 0.6) is 5.75 Å². The molecule has 1 aromatic heterocycles. The Kier molecular flexibility index (Phi) is 6.61. The van der Waals surface area contributed by atoms with Gasteiger partial charge in [-0.25, -0.2) is 0 Å². The Morgan fingerprint density at radius 3 is 2.41 bits per heavy atom. The minimum absolute atomic E-state index is 0.0551. The van der Waals surface area contributed by atoms with Crippen molar-refractivity contribution in [2.24, 2.45) is 0 Å². The first-order valence-corrected chi connectivity index (χ1v) is 9.49. The number of nitrogens with zero attached hydrogens (tertiary/aromatic N) is 2. The number of ketones is 1. The number of ether oxygens (including phenoxy) is 2. The molecule has 7 heteroatoms. The van der Waals surface area contributed by atoms with Gasteiger partial charge < -0.3 is 19.5 Å². The van der Waals surface area contributed by atoms with Crippen LogP contribution in [0.25, 0.3) is 5.76 Å². The van der Waals surface area contributed by atoms with Crippen LogP contribution in [0.4, 0.5) is 0 Å². The molecule has 1 N–H and O–H groups in total. The lowest BCUT2D eigenvalue weighted by atomic mass is 9.96. The molecule has 1 aliphatic rings. The van der Waals surface area contributed by atoms with Gasteiger partial charge in [-0.05, 0) is 48.4 Å². The molecule has 1 aromatic carbocycles. The van der Waals surface area contributed by atoms with Gasteiger partial charge in [-0.15, -0.1) is 0 Å². The number of pyridine rings is 1. The standard InChI is InChI=1S/C22H24N2O5/c1-3-13-29-17-6-4-16(5-7-17)20(25)18-19(15-8-10-23-11-9-15)24(12-14-28-2)22(27)21(18)26/h4-11,19,25H,3,12-14H2,1-2H3/b20-18-. The first-order chi connectivity index (χ1) is 14.1. The molecule has 1 fully saturated rings. The summed E-state index contributed by atoms with van der Waals surface area (Å²) < 4.78 is 10.6. The quantitative estimate of drug-likeness (QED) is 0.419. The summed E-state index contributed by atoms with van der Waals surface area (Å²) in [7, 11) is 1.53. The number of aromatic nitrogens is 1. The van der Waals surface area contributed by atoms with E-state index in [1.165, 1.54) is 12.0 Å². The van der Waals surface area contributed by atoms with Crippen LogP contribution in [0.15, 0.2) is 54.4 Å². The number of carbonyl (C=O) groups is 2. The lowest BCUT2D eigenvalue weighted by Gasteiger charge is -2.24. The van der Waals surface area contributed by atoms with E-state index in [2.05, 4.69) is 4.98 Å². The highest BCUT2D eigenvalue weighted by Crippen LogP contribution is 2.39. The lowest BCUT2D eigenvalue weighted by molar-refractivity contribution is -0.140. The van der Waals surface area contributed by atoms with Crippen LogP contribution in [0, 0.1) is 0 Å². The van der Waals surface area contributed by atoms with Gasteiger partial charge in [-0.3, -0.25) is 14.6 Å². The van der Waals surface area contributed by atoms with Crippen molar-refractivity contribution in [1.82, 2.24) is 9.88 Å². The van der Waals surface area contributed by atoms with Gasteiger partial charge in [0.1, 0.15) is 11.5 Å². The zero-order chi connectivity index (χ0) is 20.8. The fourth-order valence-corrected chi connectivity index (χ4v) is 3.28. The number of likely N-dealkylation sites (tertiary alicyclic amines) is 1. The Morgan fingerprint density at radius 2 is 1.79 bits per heavy atom. The molecule has 152 valence electrons. The predicted molar refractivity (Wildman–Crippen MR) is 107 cm³/mol. The summed E-state index contributed by atoms with van der Waals surface area (Å²) in [4.78, 5) is 30.9. The van der Waals surface area contributed by atoms with E-state index in [0.29, 0.717) is 23.5 Å². The Hall–Kier alpha value is -3.19. The third kappa shape index (κ3) is 4.30. The summed E-state index contributed by atoms with van der Waals surface area (Å²) in [6.07, 6.45) is 4.07. The molecule has 1 saturated heterocycles. The Morgan fingerprint density at radius 1 is 1.10 bits per heavy atom. The van der Waals surface area contributed by atoms with Gasteiger partial charge in [-0.2, -0.15) is 0 Å². The highest BCUT2D eigenvalue weighted by molar-refractivity contribution is 6.46. The van der Waals surface area contributed by atoms with E-state index in [0.717, 1.165) is 6.42 Å². The van der Waals surface area contributed by atoms with E-state index in [4.69, 9.17) is 9.47 Å². The number of aliphatic hydroxyl groups is 1. The van der Waals surface area contributed by atoms with E-state index in [1.54, 1.807) is 48.8 Å². The molecule has 29 heavy (non-hydrogen) atoms. The summed E-state index contributed by atoms with van der Waals surface area (Å²) in [5.74, 6) is -0.915. The largest absolute Gasteiger partial charge is 0.507 e. The summed E-state index contributed by atoms with van der Waals surface area (Å²) >= 11 is 0. The third-order valence-electron chi connectivity index (χ3n) is 4.70. The van der Waals surface area contributed by atoms with Crippen LogP contribution < -0.4 is 4.74 Å². The van der Waals surface area contributed by atoms with Crippen LogP contribution in [0.3, 0.4) is 0 Å². The maximum atomic E-state index is 12.8. The lowest BCUT2D eigenvalue weighted by Crippen LogP contribution is -2.32. The summed E-state index contributed by atoms with van der Waals surface area (Å²) in [5, 5.41) is 10.9. The van der Waals surface area contributed by atoms with Crippen LogP contribution in [0.1, 0.15) is 30.5 Å². The number of amides is 1. The summed E-state index contributed by atoms with van der Waals surface area (Å²) in [6.45, 7) is 3.12. The van der Waals surface area contributed by atoms with E-state index in [1.807, 2.05) is 6.92 Å². The monoisotopic (exact) mass is 396 g/mol. The van der Waals surface area contributed by atoms with E-state index in [-0.39, 0.29) is 24.5 Å². The number of aliphatic hydroxyl groups excluding tert-OH is 1. The van der Waals surface area contributed by atoms with Crippen molar-refractivity contribution >= 4 is 17.4 Å². The average Bonchev–Trinajstić information content (AvgIpc) is 3.01. The number of benzene rings is 1. The molecular formula is C22H24N2O5. The van der Waals surface area contributed by atoms with E-state index in [9.17, 15) is 14.7 Å². The maximum absolute atomic E-state index is 12.8. The molecule has 0 radical (unpaired) electrons. The summed E-state index contributed by atoms with van der Waals surface area (Å²) in [5.41, 5.74) is 1.19. The fourth-order valence-electron chi connectivity index (χ4n) is 3.28. The van der Waals surface area contributed by atoms with Gasteiger partial charge in [0.2, 0.25) is 0 Å². The smallest absolute Gasteiger partial charge is 0.295 e. The van der Waals surface area contributed by atoms with E-state index < -0.39 is 17.7 Å². The highest BCUT2D eigenvalue weighted by Gasteiger charge is 2.45. The van der Waals surface area contributed by atoms with Gasteiger partial charge in [0, 0.05) is 31.6 Å². The molecule has 1 unspecified atom stereocenters. The number of carbonyl (C=O) groups excluding carboxylic acids is 2. The maximum Gasteiger partial charge on any atom is 0.295 e. The number of hydrogen-bond donors (Lipinski definition) is 1. The van der Waals surface area contributed by atoms with Crippen LogP contribution in [0.2, 0.25) is 0 Å². The molecule has 0 aliphatic carbocycles. The average molecular weight is 396 g/mol. The molecule has 3 rings (SSSR count). The second kappa shape index (κ2) is 9.34. The van der Waals surface area contributed by atoms with Gasteiger partial charge >= 0.3 is 0 Å². The van der Waals surface area contributed by atoms with Crippen molar-refractivity contribution in [2.45, 2.75) is 19.4 Å². The SMILES string of the molecule is CCCOc1ccc(/C(O)=C2/C(=O)C(=O)N(CCOC)C2c2ccncc2)cc1. The molecule has 7 nitrogen and oxygen atoms in total. The second-order valence-electron chi connectivity index (χ2n) is 6.64. The number of methoxy groups -OCH3 is 1. The van der Waals surface area contributed by atoms with Crippen LogP contribution in [-0.2, 0) is 14.3 Å². The zero-order valence-electron chi connectivity index (χ0n) is 16.5. The minimum atomic E-state index is -0.716. The van der Waals surface area contributed by atoms with Gasteiger partial charge in [0.05, 0.1) is 24.8 Å². The van der Waals surface area contributed by atoms with Gasteiger partial charge in [0.25, 0.3) is 11.7 Å². The van der Waals surface area contributed by atoms with Gasteiger partial charge in [0.15, 0.2) is 0 Å². The topological polar surface area (TPSA) is 89.0 Å². The van der Waals surface area contributed by atoms with Crippen molar-refractivity contribution in [2.75, 3.05) is 26.9 Å². The van der Waals surface area contributed by atoms with Gasteiger partial charge in [-0.1, -0.05) is 6.92 Å². The Labute approximate surface area is 169 Å². The molecule has 0 bridgehead atoms. The Balaban J connectivity index is 2.03. The Bertz CT molecular complexity index is 893. The van der Waals surface area contributed by atoms with Crippen molar-refractivity contribution in [3.63, 3.8) is 0 Å². The third-order valence-corrected chi connectivity index (χ3v) is 4.70.